The van der Waals surface area contributed by atoms with Gasteiger partial charge >= 0.3 is 11.9 Å². The topological polar surface area (TPSA) is 54.0 Å². The van der Waals surface area contributed by atoms with Crippen LogP contribution in [0.5, 0.6) is 0 Å². The largest absolute Gasteiger partial charge is 0.442 e. The summed E-state index contributed by atoms with van der Waals surface area (Å²) in [5.74, 6) is 0.850. The van der Waals surface area contributed by atoms with Gasteiger partial charge in [0.15, 0.2) is 0 Å². The lowest BCUT2D eigenvalue weighted by Crippen LogP contribution is -2.35. The Balaban J connectivity index is 2.37. The number of rotatable bonds is 4. The molecule has 0 fully saturated rings. The summed E-state index contributed by atoms with van der Waals surface area (Å²) in [6, 6.07) is 7.57. The highest BCUT2D eigenvalue weighted by Gasteiger charge is 2.24. The van der Waals surface area contributed by atoms with Gasteiger partial charge in [-0.3, -0.25) is 0 Å². The maximum atomic E-state index is 12.7. The van der Waals surface area contributed by atoms with E-state index < -0.39 is 11.7 Å². The summed E-state index contributed by atoms with van der Waals surface area (Å²) in [6.07, 6.45) is 4.96. The molecule has 2 rings (SSSR count). The summed E-state index contributed by atoms with van der Waals surface area (Å²) in [4.78, 5) is 14.7. The maximum Gasteiger partial charge on any atom is 0.435 e. The molecule has 7 heteroatoms. The number of anilines is 2. The molecule has 1 aromatic carbocycles. The highest BCUT2D eigenvalue weighted by Crippen LogP contribution is 2.22. The molecule has 0 spiro atoms. The van der Waals surface area contributed by atoms with Crippen molar-refractivity contribution >= 4 is 23.7 Å². The van der Waals surface area contributed by atoms with Gasteiger partial charge in [-0.1, -0.05) is 0 Å². The van der Waals surface area contributed by atoms with Crippen LogP contribution < -0.4 is 14.5 Å². The molecule has 1 aromatic heterocycles. The van der Waals surface area contributed by atoms with Crippen molar-refractivity contribution in [1.29, 1.82) is 0 Å². The second-order valence-electron chi connectivity index (χ2n) is 7.33. The fourth-order valence-electron chi connectivity index (χ4n) is 2.31. The van der Waals surface area contributed by atoms with Crippen molar-refractivity contribution in [3.8, 4) is 0 Å². The van der Waals surface area contributed by atoms with Crippen LogP contribution in [0.4, 0.5) is 16.2 Å². The Kier molecular flexibility index (Phi) is 5.69. The van der Waals surface area contributed by atoms with E-state index in [1.807, 2.05) is 99.7 Å². The van der Waals surface area contributed by atoms with Gasteiger partial charge in [-0.05, 0) is 45.0 Å². The number of hydrogen-bond acceptors (Lipinski definition) is 4. The predicted octanol–water partition coefficient (Wildman–Crippen LogP) is 2.69. The Labute approximate surface area is 155 Å². The molecule has 0 radical (unpaired) electrons. The van der Waals surface area contributed by atoms with Crippen LogP contribution in [0.25, 0.3) is 0 Å². The summed E-state index contributed by atoms with van der Waals surface area (Å²) in [7, 11) is 7.78. The van der Waals surface area contributed by atoms with Gasteiger partial charge in [-0.2, -0.15) is 10.1 Å². The van der Waals surface area contributed by atoms with Crippen LogP contribution in [0.3, 0.4) is 0 Å². The van der Waals surface area contributed by atoms with Gasteiger partial charge in [0, 0.05) is 19.8 Å². The zero-order valence-corrected chi connectivity index (χ0v) is 16.6. The summed E-state index contributed by atoms with van der Waals surface area (Å²) in [5.41, 5.74) is 1.07. The molecular formula is C19H28N5O2+. The highest BCUT2D eigenvalue weighted by molar-refractivity contribution is 5.90. The van der Waals surface area contributed by atoms with E-state index in [0.717, 1.165) is 11.5 Å². The number of aromatic nitrogens is 2. The average Bonchev–Trinajstić information content (AvgIpc) is 2.85. The van der Waals surface area contributed by atoms with E-state index in [4.69, 9.17) is 4.74 Å². The molecule has 26 heavy (non-hydrogen) atoms. The third-order valence-corrected chi connectivity index (χ3v) is 3.70. The minimum atomic E-state index is -0.607. The lowest BCUT2D eigenvalue weighted by Gasteiger charge is -2.24. The van der Waals surface area contributed by atoms with Crippen LogP contribution in [0, 0.1) is 0 Å². The highest BCUT2D eigenvalue weighted by atomic mass is 16.6. The molecule has 0 atom stereocenters. The molecular weight excluding hydrogens is 330 g/mol. The first-order valence-electron chi connectivity index (χ1n) is 8.44. The molecule has 0 aliphatic carbocycles. The van der Waals surface area contributed by atoms with E-state index in [1.54, 1.807) is 6.21 Å². The summed E-state index contributed by atoms with van der Waals surface area (Å²) in [5, 5.41) is 5.67. The standard InChI is InChI=1S/C19H28N5O2/c1-19(2,3)26-18(25)24(16-10-8-15(9-11-16)21(4)5)20-14-17-22(6)12-13-23(17)7/h8-14H,1-7H3/q+1. The quantitative estimate of drug-likeness (QED) is 0.480. The zero-order valence-electron chi connectivity index (χ0n) is 16.6. The molecule has 2 aromatic rings. The third kappa shape index (κ3) is 4.84. The molecule has 0 N–H and O–H groups in total. The van der Waals surface area contributed by atoms with Gasteiger partial charge in [0.25, 0.3) is 0 Å². The van der Waals surface area contributed by atoms with Crippen LogP contribution in [-0.4, -0.2) is 36.6 Å². The van der Waals surface area contributed by atoms with Gasteiger partial charge < -0.3 is 9.64 Å². The minimum Gasteiger partial charge on any atom is -0.442 e. The number of benzene rings is 1. The summed E-state index contributed by atoms with van der Waals surface area (Å²) >= 11 is 0. The van der Waals surface area contributed by atoms with Gasteiger partial charge in [0.05, 0.1) is 19.8 Å². The first-order valence-corrected chi connectivity index (χ1v) is 8.44. The second kappa shape index (κ2) is 7.59. The molecule has 0 saturated heterocycles. The molecule has 1 heterocycles. The first-order chi connectivity index (χ1) is 12.1. The Hall–Kier alpha value is -2.83. The fourth-order valence-corrected chi connectivity index (χ4v) is 2.31. The average molecular weight is 358 g/mol. The Morgan fingerprint density at radius 3 is 2.23 bits per heavy atom. The number of aryl methyl sites for hydroxylation is 2. The van der Waals surface area contributed by atoms with Crippen molar-refractivity contribution in [2.45, 2.75) is 26.4 Å². The molecule has 7 nitrogen and oxygen atoms in total. The van der Waals surface area contributed by atoms with E-state index in [2.05, 4.69) is 5.10 Å². The van der Waals surface area contributed by atoms with Crippen molar-refractivity contribution in [2.24, 2.45) is 19.2 Å². The molecule has 1 amide bonds. The van der Waals surface area contributed by atoms with Crippen molar-refractivity contribution in [3.05, 3.63) is 42.5 Å². The number of nitrogens with zero attached hydrogens (tertiary/aromatic N) is 5. The molecule has 0 unspecified atom stereocenters. The number of ether oxygens (including phenoxy) is 1. The molecule has 0 aliphatic heterocycles. The first kappa shape index (κ1) is 19.5. The SMILES string of the molecule is CN(C)c1ccc(N(/N=C/c2n(C)cc[n+]2C)C(=O)OC(C)(C)C)cc1. The number of imidazole rings is 1. The normalized spacial score (nSPS) is 11.7. The van der Waals surface area contributed by atoms with Crippen molar-refractivity contribution < 1.29 is 14.1 Å². The Bertz CT molecular complexity index is 766. The van der Waals surface area contributed by atoms with E-state index in [1.165, 1.54) is 5.01 Å². The van der Waals surface area contributed by atoms with Crippen LogP contribution in [0.15, 0.2) is 41.8 Å². The second-order valence-corrected chi connectivity index (χ2v) is 7.33. The number of hydrazone groups is 1. The van der Waals surface area contributed by atoms with Gasteiger partial charge in [0.1, 0.15) is 24.2 Å². The van der Waals surface area contributed by atoms with Crippen molar-refractivity contribution in [1.82, 2.24) is 4.57 Å². The number of amides is 1. The van der Waals surface area contributed by atoms with E-state index >= 15 is 0 Å². The minimum absolute atomic E-state index is 0.525. The number of carbonyl (C=O) groups is 1. The summed E-state index contributed by atoms with van der Waals surface area (Å²) < 4.78 is 9.36. The lowest BCUT2D eigenvalue weighted by molar-refractivity contribution is -0.671. The van der Waals surface area contributed by atoms with Crippen LogP contribution in [0.1, 0.15) is 26.6 Å². The Morgan fingerprint density at radius 2 is 1.77 bits per heavy atom. The van der Waals surface area contributed by atoms with Crippen molar-refractivity contribution in [2.75, 3.05) is 24.0 Å². The summed E-state index contributed by atoms with van der Waals surface area (Å²) in [6.45, 7) is 5.50. The predicted molar refractivity (Wildman–Crippen MR) is 104 cm³/mol. The van der Waals surface area contributed by atoms with E-state index in [9.17, 15) is 4.79 Å². The molecule has 0 bridgehead atoms. The van der Waals surface area contributed by atoms with Crippen LogP contribution in [0.2, 0.25) is 0 Å². The lowest BCUT2D eigenvalue weighted by atomic mass is 10.2. The van der Waals surface area contributed by atoms with Gasteiger partial charge in [-0.15, -0.1) is 0 Å². The zero-order chi connectivity index (χ0) is 19.5. The number of carbonyl (C=O) groups excluding carboxylic acids is 1. The monoisotopic (exact) mass is 358 g/mol. The van der Waals surface area contributed by atoms with Crippen molar-refractivity contribution in [3.63, 3.8) is 0 Å². The molecule has 140 valence electrons. The van der Waals surface area contributed by atoms with E-state index in [-0.39, 0.29) is 0 Å². The Morgan fingerprint density at radius 1 is 1.19 bits per heavy atom. The van der Waals surface area contributed by atoms with Crippen LogP contribution in [-0.2, 0) is 18.8 Å². The smallest absolute Gasteiger partial charge is 0.435 e. The van der Waals surface area contributed by atoms with Gasteiger partial charge in [0.2, 0.25) is 0 Å². The number of hydrogen-bond donors (Lipinski definition) is 0. The van der Waals surface area contributed by atoms with Crippen LogP contribution >= 0.6 is 0 Å². The van der Waals surface area contributed by atoms with Gasteiger partial charge in [-0.25, -0.2) is 13.9 Å². The maximum absolute atomic E-state index is 12.7. The molecule has 0 saturated carbocycles. The third-order valence-electron chi connectivity index (χ3n) is 3.70. The molecule has 0 aliphatic rings. The fraction of sp³-hybridized carbons (Fsp3) is 0.421. The van der Waals surface area contributed by atoms with E-state index in [0.29, 0.717) is 5.69 Å².